The molecular formula is C20H22N4O3S3. The quantitative estimate of drug-likeness (QED) is 0.502. The Hall–Kier alpha value is -2.17. The van der Waals surface area contributed by atoms with Gasteiger partial charge in [-0.15, -0.1) is 21.5 Å². The van der Waals surface area contributed by atoms with E-state index in [1.54, 1.807) is 23.3 Å². The van der Waals surface area contributed by atoms with Crippen molar-refractivity contribution in [3.8, 4) is 10.7 Å². The highest BCUT2D eigenvalue weighted by Crippen LogP contribution is 2.28. The van der Waals surface area contributed by atoms with Crippen molar-refractivity contribution in [3.05, 3.63) is 53.4 Å². The van der Waals surface area contributed by atoms with E-state index >= 15 is 0 Å². The summed E-state index contributed by atoms with van der Waals surface area (Å²) in [4.78, 5) is 15.3. The van der Waals surface area contributed by atoms with Crippen molar-refractivity contribution < 1.29 is 13.2 Å². The number of hydrogen-bond acceptors (Lipinski definition) is 7. The third-order valence-electron chi connectivity index (χ3n) is 5.12. The molecule has 0 saturated carbocycles. The fraction of sp³-hybridized carbons (Fsp3) is 0.350. The normalized spacial score (nSPS) is 17.8. The van der Waals surface area contributed by atoms with Crippen LogP contribution in [0.3, 0.4) is 0 Å². The van der Waals surface area contributed by atoms with Gasteiger partial charge in [0, 0.05) is 13.1 Å². The molecule has 4 rings (SSSR count). The largest absolute Gasteiger partial charge is 0.341 e. The zero-order chi connectivity index (χ0) is 21.1. The zero-order valence-electron chi connectivity index (χ0n) is 16.5. The van der Waals surface area contributed by atoms with Gasteiger partial charge in [0.25, 0.3) is 0 Å². The first-order chi connectivity index (χ1) is 14.4. The summed E-state index contributed by atoms with van der Waals surface area (Å²) >= 11 is 2.93. The van der Waals surface area contributed by atoms with Crippen molar-refractivity contribution in [1.29, 1.82) is 0 Å². The number of rotatable bonds is 7. The molecule has 0 spiro atoms. The van der Waals surface area contributed by atoms with Gasteiger partial charge < -0.3 is 4.90 Å². The van der Waals surface area contributed by atoms with Crippen LogP contribution >= 0.6 is 23.1 Å². The smallest absolute Gasteiger partial charge is 0.233 e. The van der Waals surface area contributed by atoms with E-state index in [0.717, 1.165) is 16.3 Å². The highest BCUT2D eigenvalue weighted by Gasteiger charge is 2.32. The molecule has 7 nitrogen and oxygen atoms in total. The van der Waals surface area contributed by atoms with Crippen molar-refractivity contribution in [2.24, 2.45) is 0 Å². The van der Waals surface area contributed by atoms with Crippen molar-refractivity contribution in [2.75, 3.05) is 24.3 Å². The minimum atomic E-state index is -3.03. The Morgan fingerprint density at radius 1 is 1.23 bits per heavy atom. The van der Waals surface area contributed by atoms with Gasteiger partial charge in [-0.3, -0.25) is 9.36 Å². The second kappa shape index (κ2) is 8.91. The molecule has 0 N–H and O–H groups in total. The number of sulfone groups is 1. The van der Waals surface area contributed by atoms with Crippen LogP contribution in [0.1, 0.15) is 12.0 Å². The molecule has 0 aliphatic carbocycles. The molecule has 0 radical (unpaired) electrons. The SMILES string of the molecule is CN(C(=O)CSc1nnc(-c2cccs2)n1Cc1ccccc1)[C@@H]1CCS(=O)(=O)C1. The Morgan fingerprint density at radius 3 is 2.70 bits per heavy atom. The van der Waals surface area contributed by atoms with Crippen molar-refractivity contribution >= 4 is 38.8 Å². The van der Waals surface area contributed by atoms with Gasteiger partial charge in [-0.25, -0.2) is 8.42 Å². The first kappa shape index (κ1) is 21.1. The molecule has 1 aliphatic heterocycles. The summed E-state index contributed by atoms with van der Waals surface area (Å²) in [5.74, 6) is 1.06. The summed E-state index contributed by atoms with van der Waals surface area (Å²) in [6.07, 6.45) is 0.502. The van der Waals surface area contributed by atoms with E-state index in [0.29, 0.717) is 18.1 Å². The van der Waals surface area contributed by atoms with Gasteiger partial charge >= 0.3 is 0 Å². The molecule has 1 atom stereocenters. The lowest BCUT2D eigenvalue weighted by molar-refractivity contribution is -0.128. The van der Waals surface area contributed by atoms with Crippen LogP contribution in [-0.4, -0.2) is 64.3 Å². The molecule has 158 valence electrons. The second-order valence-corrected chi connectivity index (χ2v) is 11.3. The maximum atomic E-state index is 12.7. The maximum absolute atomic E-state index is 12.7. The van der Waals surface area contributed by atoms with Gasteiger partial charge in [-0.2, -0.15) is 0 Å². The molecule has 30 heavy (non-hydrogen) atoms. The van der Waals surface area contributed by atoms with Crippen LogP contribution in [0.15, 0.2) is 53.0 Å². The average Bonchev–Trinajstić information content (AvgIpc) is 3.46. The lowest BCUT2D eigenvalue weighted by atomic mass is 10.2. The molecule has 0 bridgehead atoms. The Morgan fingerprint density at radius 2 is 2.03 bits per heavy atom. The Labute approximate surface area is 184 Å². The van der Waals surface area contributed by atoms with Crippen LogP contribution in [0.2, 0.25) is 0 Å². The third-order valence-corrected chi connectivity index (χ3v) is 8.68. The number of aromatic nitrogens is 3. The molecule has 1 aliphatic rings. The van der Waals surface area contributed by atoms with E-state index in [-0.39, 0.29) is 29.2 Å². The first-order valence-corrected chi connectivity index (χ1v) is 13.2. The van der Waals surface area contributed by atoms with Crippen LogP contribution in [-0.2, 0) is 21.2 Å². The molecule has 1 amide bonds. The molecular weight excluding hydrogens is 440 g/mol. The van der Waals surface area contributed by atoms with E-state index in [2.05, 4.69) is 10.2 Å². The monoisotopic (exact) mass is 462 g/mol. The Bertz CT molecular complexity index is 1110. The summed E-state index contributed by atoms with van der Waals surface area (Å²) in [5, 5.41) is 11.4. The number of nitrogens with zero attached hydrogens (tertiary/aromatic N) is 4. The summed E-state index contributed by atoms with van der Waals surface area (Å²) in [5.41, 5.74) is 1.12. The first-order valence-electron chi connectivity index (χ1n) is 9.53. The fourth-order valence-electron chi connectivity index (χ4n) is 3.40. The molecule has 1 saturated heterocycles. The molecule has 1 aromatic carbocycles. The van der Waals surface area contributed by atoms with Crippen LogP contribution in [0.5, 0.6) is 0 Å². The van der Waals surface area contributed by atoms with E-state index in [4.69, 9.17) is 0 Å². The minimum absolute atomic E-state index is 0.0482. The Kier molecular flexibility index (Phi) is 6.26. The van der Waals surface area contributed by atoms with Gasteiger partial charge in [-0.1, -0.05) is 48.2 Å². The number of amides is 1. The van der Waals surface area contributed by atoms with Crippen molar-refractivity contribution in [2.45, 2.75) is 24.2 Å². The predicted octanol–water partition coefficient (Wildman–Crippen LogP) is 2.79. The third kappa shape index (κ3) is 4.76. The van der Waals surface area contributed by atoms with Gasteiger partial charge in [-0.05, 0) is 23.4 Å². The number of benzene rings is 1. The van der Waals surface area contributed by atoms with Gasteiger partial charge in [0.05, 0.1) is 28.7 Å². The van der Waals surface area contributed by atoms with Crippen molar-refractivity contribution in [3.63, 3.8) is 0 Å². The maximum Gasteiger partial charge on any atom is 0.233 e. The summed E-state index contributed by atoms with van der Waals surface area (Å²) in [6.45, 7) is 0.605. The van der Waals surface area contributed by atoms with Gasteiger partial charge in [0.15, 0.2) is 20.8 Å². The fourth-order valence-corrected chi connectivity index (χ4v) is 6.76. The van der Waals surface area contributed by atoms with E-state index in [1.165, 1.54) is 11.8 Å². The summed E-state index contributed by atoms with van der Waals surface area (Å²) < 4.78 is 25.5. The highest BCUT2D eigenvalue weighted by molar-refractivity contribution is 7.99. The number of carbonyl (C=O) groups is 1. The highest BCUT2D eigenvalue weighted by atomic mass is 32.2. The molecule has 2 aromatic heterocycles. The van der Waals surface area contributed by atoms with Gasteiger partial charge in [0.1, 0.15) is 0 Å². The lowest BCUT2D eigenvalue weighted by Crippen LogP contribution is -2.38. The molecule has 1 fully saturated rings. The van der Waals surface area contributed by atoms with Gasteiger partial charge in [0.2, 0.25) is 5.91 Å². The number of thioether (sulfide) groups is 1. The molecule has 0 unspecified atom stereocenters. The molecule has 10 heteroatoms. The number of carbonyl (C=O) groups excluding carboxylic acids is 1. The van der Waals surface area contributed by atoms with E-state index < -0.39 is 9.84 Å². The molecule has 3 heterocycles. The van der Waals surface area contributed by atoms with E-state index in [9.17, 15) is 13.2 Å². The van der Waals surface area contributed by atoms with Crippen LogP contribution in [0.4, 0.5) is 0 Å². The second-order valence-electron chi connectivity index (χ2n) is 7.21. The summed E-state index contributed by atoms with van der Waals surface area (Å²) in [7, 11) is -1.35. The number of hydrogen-bond donors (Lipinski definition) is 0. The van der Waals surface area contributed by atoms with Crippen LogP contribution < -0.4 is 0 Å². The van der Waals surface area contributed by atoms with Crippen LogP contribution in [0.25, 0.3) is 10.7 Å². The summed E-state index contributed by atoms with van der Waals surface area (Å²) in [6, 6.07) is 13.8. The average molecular weight is 463 g/mol. The topological polar surface area (TPSA) is 85.2 Å². The number of thiophene rings is 1. The zero-order valence-corrected chi connectivity index (χ0v) is 18.9. The molecule has 3 aromatic rings. The lowest BCUT2D eigenvalue weighted by Gasteiger charge is -2.23. The predicted molar refractivity (Wildman–Crippen MR) is 119 cm³/mol. The van der Waals surface area contributed by atoms with Crippen molar-refractivity contribution in [1.82, 2.24) is 19.7 Å². The minimum Gasteiger partial charge on any atom is -0.341 e. The Balaban J connectivity index is 1.50. The standard InChI is InChI=1S/C20H22N4O3S3/c1-23(16-9-11-30(26,27)14-16)18(25)13-29-20-22-21-19(17-8-5-10-28-17)24(20)12-15-6-3-2-4-7-15/h2-8,10,16H,9,11-14H2,1H3/t16-/m1/s1. The van der Waals surface area contributed by atoms with E-state index in [1.807, 2.05) is 52.4 Å². The van der Waals surface area contributed by atoms with Crippen LogP contribution in [0, 0.1) is 0 Å².